The molecule has 2 aromatic heterocycles. The van der Waals surface area contributed by atoms with E-state index in [-0.39, 0.29) is 18.1 Å². The van der Waals surface area contributed by atoms with Crippen LogP contribution >= 0.6 is 0 Å². The highest BCUT2D eigenvalue weighted by Crippen LogP contribution is 2.28. The van der Waals surface area contributed by atoms with Gasteiger partial charge in [-0.2, -0.15) is 23.4 Å². The molecule has 1 aromatic carbocycles. The fraction of sp³-hybridized carbons (Fsp3) is 0.235. The fourth-order valence-electron chi connectivity index (χ4n) is 2.60. The van der Waals surface area contributed by atoms with Crippen LogP contribution in [0.15, 0.2) is 30.3 Å². The second-order valence-electron chi connectivity index (χ2n) is 5.95. The highest BCUT2D eigenvalue weighted by atomic mass is 19.4. The number of rotatable bonds is 4. The third kappa shape index (κ3) is 3.99. The van der Waals surface area contributed by atoms with Crippen molar-refractivity contribution in [1.29, 1.82) is 0 Å². The molecule has 0 aliphatic rings. The van der Waals surface area contributed by atoms with Gasteiger partial charge < -0.3 is 5.32 Å². The number of aryl methyl sites for hydroxylation is 1. The van der Waals surface area contributed by atoms with Crippen molar-refractivity contribution >= 4 is 11.6 Å². The SMILES string of the molecule is Cc1nn(Cc2cccc(F)c2)c(C)c1NC(=O)c1cc(C(F)(F)F)[nH]n1. The van der Waals surface area contributed by atoms with Gasteiger partial charge in [0.2, 0.25) is 0 Å². The molecule has 3 aromatic rings. The molecule has 0 aliphatic heterocycles. The highest BCUT2D eigenvalue weighted by molar-refractivity contribution is 6.03. The first-order valence-corrected chi connectivity index (χ1v) is 7.87. The molecule has 0 saturated carbocycles. The molecule has 6 nitrogen and oxygen atoms in total. The lowest BCUT2D eigenvalue weighted by atomic mass is 10.2. The summed E-state index contributed by atoms with van der Waals surface area (Å²) in [5.74, 6) is -1.17. The summed E-state index contributed by atoms with van der Waals surface area (Å²) in [6, 6.07) is 6.65. The summed E-state index contributed by atoms with van der Waals surface area (Å²) in [7, 11) is 0. The fourth-order valence-corrected chi connectivity index (χ4v) is 2.60. The maximum atomic E-state index is 13.3. The highest BCUT2D eigenvalue weighted by Gasteiger charge is 2.34. The van der Waals surface area contributed by atoms with Gasteiger partial charge in [-0.15, -0.1) is 0 Å². The summed E-state index contributed by atoms with van der Waals surface area (Å²) in [5, 5.41) is 12.0. The van der Waals surface area contributed by atoms with Crippen LogP contribution in [0.4, 0.5) is 23.2 Å². The predicted molar refractivity (Wildman–Crippen MR) is 88.7 cm³/mol. The molecule has 27 heavy (non-hydrogen) atoms. The van der Waals surface area contributed by atoms with Crippen LogP contribution in [-0.4, -0.2) is 25.9 Å². The smallest absolute Gasteiger partial charge is 0.317 e. The minimum Gasteiger partial charge on any atom is -0.317 e. The minimum atomic E-state index is -4.62. The Balaban J connectivity index is 1.80. The van der Waals surface area contributed by atoms with Crippen molar-refractivity contribution in [3.63, 3.8) is 0 Å². The van der Waals surface area contributed by atoms with Crippen LogP contribution in [0.1, 0.15) is 33.1 Å². The first-order valence-electron chi connectivity index (χ1n) is 7.87. The number of amides is 1. The quantitative estimate of drug-likeness (QED) is 0.677. The third-order valence-corrected chi connectivity index (χ3v) is 3.96. The number of nitrogens with zero attached hydrogens (tertiary/aromatic N) is 3. The van der Waals surface area contributed by atoms with E-state index in [0.29, 0.717) is 28.7 Å². The zero-order chi connectivity index (χ0) is 19.8. The van der Waals surface area contributed by atoms with Crippen molar-refractivity contribution in [3.8, 4) is 0 Å². The molecule has 0 unspecified atom stereocenters. The van der Waals surface area contributed by atoms with Gasteiger partial charge in [-0.25, -0.2) is 4.39 Å². The molecule has 0 spiro atoms. The van der Waals surface area contributed by atoms with E-state index >= 15 is 0 Å². The maximum Gasteiger partial charge on any atom is 0.432 e. The van der Waals surface area contributed by atoms with Crippen molar-refractivity contribution < 1.29 is 22.4 Å². The Hall–Kier alpha value is -3.17. The van der Waals surface area contributed by atoms with Gasteiger partial charge >= 0.3 is 6.18 Å². The lowest BCUT2D eigenvalue weighted by Gasteiger charge is -2.06. The van der Waals surface area contributed by atoms with Gasteiger partial charge in [0, 0.05) is 6.07 Å². The molecule has 0 aliphatic carbocycles. The summed E-state index contributed by atoms with van der Waals surface area (Å²) < 4.78 is 52.7. The first-order chi connectivity index (χ1) is 12.6. The van der Waals surface area contributed by atoms with E-state index in [1.54, 1.807) is 35.8 Å². The summed E-state index contributed by atoms with van der Waals surface area (Å²) in [6.07, 6.45) is -4.62. The van der Waals surface area contributed by atoms with Crippen LogP contribution in [0.5, 0.6) is 0 Å². The molecule has 1 amide bonds. The molecular weight excluding hydrogens is 366 g/mol. The molecule has 0 saturated heterocycles. The number of aromatic amines is 1. The molecule has 142 valence electrons. The minimum absolute atomic E-state index is 0.279. The molecular formula is C17H15F4N5O. The molecule has 0 fully saturated rings. The summed E-state index contributed by atoms with van der Waals surface area (Å²) in [5.41, 5.74) is 0.607. The Morgan fingerprint density at radius 2 is 2.00 bits per heavy atom. The van der Waals surface area contributed by atoms with E-state index in [2.05, 4.69) is 15.5 Å². The number of halogens is 4. The molecule has 0 bridgehead atoms. The van der Waals surface area contributed by atoms with Gasteiger partial charge in [0.1, 0.15) is 11.5 Å². The molecule has 10 heteroatoms. The molecule has 0 radical (unpaired) electrons. The lowest BCUT2D eigenvalue weighted by molar-refractivity contribution is -0.141. The van der Waals surface area contributed by atoms with E-state index in [9.17, 15) is 22.4 Å². The van der Waals surface area contributed by atoms with Crippen molar-refractivity contribution in [2.24, 2.45) is 0 Å². The van der Waals surface area contributed by atoms with Gasteiger partial charge in [0.05, 0.1) is 23.6 Å². The summed E-state index contributed by atoms with van der Waals surface area (Å²) in [6.45, 7) is 3.62. The molecule has 0 atom stereocenters. The normalized spacial score (nSPS) is 11.6. The monoisotopic (exact) mass is 381 g/mol. The number of alkyl halides is 3. The predicted octanol–water partition coefficient (Wildman–Crippen LogP) is 3.68. The van der Waals surface area contributed by atoms with Gasteiger partial charge in [0.25, 0.3) is 5.91 Å². The second-order valence-corrected chi connectivity index (χ2v) is 5.95. The number of carbonyl (C=O) groups excluding carboxylic acids is 1. The average molecular weight is 381 g/mol. The van der Waals surface area contributed by atoms with Crippen molar-refractivity contribution in [3.05, 3.63) is 64.5 Å². The molecule has 3 rings (SSSR count). The van der Waals surface area contributed by atoms with E-state index in [0.717, 1.165) is 0 Å². The van der Waals surface area contributed by atoms with Crippen LogP contribution < -0.4 is 5.32 Å². The number of carbonyl (C=O) groups is 1. The molecule has 2 N–H and O–H groups in total. The van der Waals surface area contributed by atoms with Crippen LogP contribution in [-0.2, 0) is 12.7 Å². The maximum absolute atomic E-state index is 13.3. The average Bonchev–Trinajstić information content (AvgIpc) is 3.16. The third-order valence-electron chi connectivity index (χ3n) is 3.96. The number of H-pyrrole nitrogens is 1. The standard InChI is InChI=1S/C17H15F4N5O/c1-9-15(22-16(27)13-7-14(24-23-13)17(19,20)21)10(2)26(25-9)8-11-4-3-5-12(18)6-11/h3-7H,8H2,1-2H3,(H,22,27)(H,23,24). The topological polar surface area (TPSA) is 75.6 Å². The van der Waals surface area contributed by atoms with E-state index in [1.807, 2.05) is 0 Å². The Morgan fingerprint density at radius 3 is 2.63 bits per heavy atom. The number of hydrogen-bond acceptors (Lipinski definition) is 3. The number of benzene rings is 1. The zero-order valence-corrected chi connectivity index (χ0v) is 14.4. The van der Waals surface area contributed by atoms with E-state index in [4.69, 9.17) is 0 Å². The zero-order valence-electron chi connectivity index (χ0n) is 14.4. The van der Waals surface area contributed by atoms with Gasteiger partial charge in [-0.3, -0.25) is 14.6 Å². The lowest BCUT2D eigenvalue weighted by Crippen LogP contribution is -2.14. The van der Waals surface area contributed by atoms with Crippen molar-refractivity contribution in [2.75, 3.05) is 5.32 Å². The van der Waals surface area contributed by atoms with Gasteiger partial charge in [0.15, 0.2) is 5.69 Å². The van der Waals surface area contributed by atoms with Crippen molar-refractivity contribution in [2.45, 2.75) is 26.6 Å². The summed E-state index contributed by atoms with van der Waals surface area (Å²) in [4.78, 5) is 12.2. The number of hydrogen-bond donors (Lipinski definition) is 2. The second kappa shape index (κ2) is 6.86. The largest absolute Gasteiger partial charge is 0.432 e. The van der Waals surface area contributed by atoms with E-state index < -0.39 is 17.8 Å². The Labute approximate surface area is 151 Å². The van der Waals surface area contributed by atoms with Gasteiger partial charge in [-0.05, 0) is 31.5 Å². The number of nitrogens with one attached hydrogen (secondary N) is 2. The Bertz CT molecular complexity index is 990. The van der Waals surface area contributed by atoms with Gasteiger partial charge in [-0.1, -0.05) is 12.1 Å². The van der Waals surface area contributed by atoms with Crippen LogP contribution in [0, 0.1) is 19.7 Å². The molecule has 2 heterocycles. The van der Waals surface area contributed by atoms with Crippen LogP contribution in [0.25, 0.3) is 0 Å². The van der Waals surface area contributed by atoms with Crippen LogP contribution in [0.3, 0.4) is 0 Å². The first kappa shape index (κ1) is 18.6. The van der Waals surface area contributed by atoms with Crippen LogP contribution in [0.2, 0.25) is 0 Å². The Kier molecular flexibility index (Phi) is 4.73. The summed E-state index contributed by atoms with van der Waals surface area (Å²) >= 11 is 0. The van der Waals surface area contributed by atoms with E-state index in [1.165, 1.54) is 12.1 Å². The van der Waals surface area contributed by atoms with Crippen molar-refractivity contribution in [1.82, 2.24) is 20.0 Å². The number of anilines is 1. The number of aromatic nitrogens is 4. The Morgan fingerprint density at radius 1 is 1.26 bits per heavy atom.